The van der Waals surface area contributed by atoms with Crippen molar-refractivity contribution in [1.82, 2.24) is 9.71 Å². The summed E-state index contributed by atoms with van der Waals surface area (Å²) in [5.41, 5.74) is -0.509. The molecule has 0 saturated carbocycles. The zero-order chi connectivity index (χ0) is 18.9. The topological polar surface area (TPSA) is 155 Å². The molecule has 0 atom stereocenters. The maximum Gasteiger partial charge on any atom is 0.524 e. The zero-order valence-electron chi connectivity index (χ0n) is 12.9. The molecule has 1 aromatic carbocycles. The molecule has 0 bridgehead atoms. The largest absolute Gasteiger partial charge is 0.524 e. The average molecular weight is 397 g/mol. The molecule has 10 nitrogen and oxygen atoms in total. The molecular formula is C14H12N3O7PS. The number of carbonyl (C=O) groups is 1. The van der Waals surface area contributed by atoms with Gasteiger partial charge in [-0.05, 0) is 30.3 Å². The second kappa shape index (κ2) is 6.54. The first-order chi connectivity index (χ1) is 12.2. The third kappa shape index (κ3) is 3.92. The predicted molar refractivity (Wildman–Crippen MR) is 90.3 cm³/mol. The van der Waals surface area contributed by atoms with Crippen LogP contribution in [0, 0.1) is 0 Å². The van der Waals surface area contributed by atoms with Gasteiger partial charge in [-0.25, -0.2) is 18.0 Å². The highest BCUT2D eigenvalue weighted by atomic mass is 32.2. The van der Waals surface area contributed by atoms with Crippen LogP contribution in [0.25, 0.3) is 6.08 Å². The average Bonchev–Trinajstić information content (AvgIpc) is 2.54. The van der Waals surface area contributed by atoms with E-state index in [0.29, 0.717) is 0 Å². The fourth-order valence-corrected chi connectivity index (χ4v) is 3.89. The van der Waals surface area contributed by atoms with Crippen molar-refractivity contribution in [1.29, 1.82) is 0 Å². The molecule has 1 amide bonds. The Hall–Kier alpha value is -2.72. The van der Waals surface area contributed by atoms with Gasteiger partial charge < -0.3 is 9.84 Å². The highest BCUT2D eigenvalue weighted by Crippen LogP contribution is 2.42. The van der Waals surface area contributed by atoms with Crippen LogP contribution in [0.5, 0.6) is 5.75 Å². The summed E-state index contributed by atoms with van der Waals surface area (Å²) in [6.45, 7) is 0. The molecule has 0 unspecified atom stereocenters. The van der Waals surface area contributed by atoms with Gasteiger partial charge in [0.15, 0.2) is 0 Å². The third-order valence-electron chi connectivity index (χ3n) is 3.22. The van der Waals surface area contributed by atoms with Crippen LogP contribution in [-0.4, -0.2) is 29.1 Å². The molecule has 1 aliphatic heterocycles. The van der Waals surface area contributed by atoms with Crippen LogP contribution in [-0.2, 0) is 19.4 Å². The zero-order valence-corrected chi connectivity index (χ0v) is 14.6. The quantitative estimate of drug-likeness (QED) is 0.553. The molecular weight excluding hydrogens is 385 g/mol. The number of benzene rings is 1. The minimum absolute atomic E-state index is 0.152. The number of nitrogens with one attached hydrogen (secondary N) is 2. The highest BCUT2D eigenvalue weighted by Gasteiger charge is 2.31. The summed E-state index contributed by atoms with van der Waals surface area (Å²) in [7, 11) is -9.07. The first-order valence-electron chi connectivity index (χ1n) is 7.01. The van der Waals surface area contributed by atoms with Crippen molar-refractivity contribution < 1.29 is 32.1 Å². The van der Waals surface area contributed by atoms with Crippen molar-refractivity contribution in [3.8, 4) is 5.75 Å². The molecule has 4 N–H and O–H groups in total. The number of sulfonamides is 1. The van der Waals surface area contributed by atoms with Crippen molar-refractivity contribution >= 4 is 35.6 Å². The van der Waals surface area contributed by atoms with Crippen molar-refractivity contribution in [2.45, 2.75) is 4.90 Å². The predicted octanol–water partition coefficient (Wildman–Crippen LogP) is 0.825. The van der Waals surface area contributed by atoms with Crippen LogP contribution in [0.2, 0.25) is 0 Å². The summed E-state index contributed by atoms with van der Waals surface area (Å²) in [6, 6.07) is 8.43. The fourth-order valence-electron chi connectivity index (χ4n) is 2.21. The van der Waals surface area contributed by atoms with Crippen molar-refractivity contribution in [3.63, 3.8) is 0 Å². The molecule has 136 valence electrons. The Balaban J connectivity index is 2.03. The number of pyridine rings is 1. The lowest BCUT2D eigenvalue weighted by Crippen LogP contribution is -2.33. The highest BCUT2D eigenvalue weighted by molar-refractivity contribution is 7.89. The van der Waals surface area contributed by atoms with Gasteiger partial charge >= 0.3 is 7.82 Å². The van der Waals surface area contributed by atoms with E-state index in [1.165, 1.54) is 30.5 Å². The van der Waals surface area contributed by atoms with Crippen molar-refractivity contribution in [2.75, 3.05) is 5.32 Å². The molecule has 0 spiro atoms. The number of anilines is 1. The van der Waals surface area contributed by atoms with Gasteiger partial charge in [-0.2, -0.15) is 0 Å². The van der Waals surface area contributed by atoms with Gasteiger partial charge in [-0.15, -0.1) is 0 Å². The Bertz CT molecular complexity index is 1050. The van der Waals surface area contributed by atoms with Crippen molar-refractivity contribution in [3.05, 3.63) is 53.9 Å². The number of rotatable bonds is 4. The van der Waals surface area contributed by atoms with Crippen LogP contribution < -0.4 is 14.6 Å². The molecule has 0 saturated heterocycles. The summed E-state index contributed by atoms with van der Waals surface area (Å²) >= 11 is 0. The summed E-state index contributed by atoms with van der Waals surface area (Å²) in [4.78, 5) is 33.9. The van der Waals surface area contributed by atoms with Gasteiger partial charge in [0.1, 0.15) is 17.3 Å². The first kappa shape index (κ1) is 18.1. The Morgan fingerprint density at radius 1 is 1.19 bits per heavy atom. The number of hydrogen-bond donors (Lipinski definition) is 4. The molecule has 3 rings (SSSR count). The molecule has 0 aliphatic carbocycles. The SMILES string of the molecule is O=C(Nc1ccccn1)C1=Cc2c(OP(=O)(O)O)cccc2S(=O)(=O)N1. The normalized spacial score (nSPS) is 15.2. The number of phosphoric acid groups is 1. The van der Waals surface area contributed by atoms with Gasteiger partial charge in [0, 0.05) is 11.8 Å². The van der Waals surface area contributed by atoms with E-state index >= 15 is 0 Å². The Morgan fingerprint density at radius 2 is 1.96 bits per heavy atom. The summed E-state index contributed by atoms with van der Waals surface area (Å²) in [5.74, 6) is -0.976. The molecule has 2 heterocycles. The molecule has 2 aromatic rings. The molecule has 0 radical (unpaired) electrons. The smallest absolute Gasteiger partial charge is 0.404 e. The van der Waals surface area contributed by atoms with E-state index in [1.807, 2.05) is 0 Å². The number of amides is 1. The summed E-state index contributed by atoms with van der Waals surface area (Å²) < 4.78 is 42.5. The molecule has 0 fully saturated rings. The lowest BCUT2D eigenvalue weighted by atomic mass is 10.1. The minimum atomic E-state index is -4.93. The molecule has 26 heavy (non-hydrogen) atoms. The van der Waals surface area contributed by atoms with Crippen LogP contribution in [0.1, 0.15) is 5.56 Å². The van der Waals surface area contributed by atoms with E-state index in [9.17, 15) is 17.8 Å². The number of nitrogens with zero attached hydrogens (tertiary/aromatic N) is 1. The second-order valence-corrected chi connectivity index (χ2v) is 7.90. The van der Waals surface area contributed by atoms with E-state index in [-0.39, 0.29) is 27.7 Å². The monoisotopic (exact) mass is 397 g/mol. The Labute approximate surface area is 147 Å². The lowest BCUT2D eigenvalue weighted by Gasteiger charge is -2.20. The maximum absolute atomic E-state index is 12.4. The van der Waals surface area contributed by atoms with Crippen molar-refractivity contribution in [2.24, 2.45) is 0 Å². The fraction of sp³-hybridized carbons (Fsp3) is 0. The van der Waals surface area contributed by atoms with Crippen LogP contribution >= 0.6 is 7.82 Å². The summed E-state index contributed by atoms with van der Waals surface area (Å²) in [6.07, 6.45) is 2.57. The third-order valence-corrected chi connectivity index (χ3v) is 5.08. The minimum Gasteiger partial charge on any atom is -0.404 e. The van der Waals surface area contributed by atoms with Gasteiger partial charge in [0.05, 0.1) is 4.90 Å². The summed E-state index contributed by atoms with van der Waals surface area (Å²) in [5, 5.41) is 2.41. The van der Waals surface area contributed by atoms with E-state index in [2.05, 4.69) is 19.5 Å². The number of fused-ring (bicyclic) bond motifs is 1. The number of phosphoric ester groups is 1. The van der Waals surface area contributed by atoms with Gasteiger partial charge in [0.25, 0.3) is 15.9 Å². The number of hydrogen-bond acceptors (Lipinski definition) is 6. The molecule has 1 aromatic heterocycles. The van der Waals surface area contributed by atoms with E-state index < -0.39 is 23.8 Å². The lowest BCUT2D eigenvalue weighted by molar-refractivity contribution is -0.113. The van der Waals surface area contributed by atoms with Crippen LogP contribution in [0.15, 0.2) is 53.2 Å². The first-order valence-corrected chi connectivity index (χ1v) is 10.0. The van der Waals surface area contributed by atoms with Gasteiger partial charge in [0.2, 0.25) is 0 Å². The molecule has 12 heteroatoms. The van der Waals surface area contributed by atoms with Gasteiger partial charge in [-0.1, -0.05) is 12.1 Å². The second-order valence-electron chi connectivity index (χ2n) is 5.08. The van der Waals surface area contributed by atoms with Crippen LogP contribution in [0.4, 0.5) is 5.82 Å². The maximum atomic E-state index is 12.4. The molecule has 1 aliphatic rings. The van der Waals surface area contributed by atoms with Crippen LogP contribution in [0.3, 0.4) is 0 Å². The van der Waals surface area contributed by atoms with Gasteiger partial charge in [-0.3, -0.25) is 19.3 Å². The number of carbonyl (C=O) groups excluding carboxylic acids is 1. The number of aromatic nitrogens is 1. The van der Waals surface area contributed by atoms with E-state index in [4.69, 9.17) is 9.79 Å². The standard InChI is InChI=1S/C14H12N3O7PS/c18-14(16-13-6-1-2-7-15-13)10-8-9-11(24-25(19,20)21)4-3-5-12(9)26(22,23)17-10/h1-8,17H,(H,15,16,18)(H2,19,20,21). The Kier molecular flexibility index (Phi) is 4.55. The van der Waals surface area contributed by atoms with E-state index in [1.54, 1.807) is 12.1 Å². The Morgan fingerprint density at radius 3 is 2.62 bits per heavy atom. The van der Waals surface area contributed by atoms with E-state index in [0.717, 1.165) is 6.08 Å².